The molecule has 0 radical (unpaired) electrons. The van der Waals surface area contributed by atoms with Crippen molar-refractivity contribution >= 4 is 5.97 Å². The molecule has 0 saturated carbocycles. The summed E-state index contributed by atoms with van der Waals surface area (Å²) in [7, 11) is 0. The number of phenolic OH excluding ortho intramolecular Hbond substituents is 1. The zero-order chi connectivity index (χ0) is 11.6. The molecule has 3 nitrogen and oxygen atoms in total. The highest BCUT2D eigenvalue weighted by Gasteiger charge is 2.33. The Morgan fingerprint density at radius 3 is 2.33 bits per heavy atom. The van der Waals surface area contributed by atoms with E-state index in [0.717, 1.165) is 12.1 Å². The average molecular weight is 220 g/mol. The highest BCUT2D eigenvalue weighted by atomic mass is 19.4. The van der Waals surface area contributed by atoms with Crippen molar-refractivity contribution < 1.29 is 28.2 Å². The third-order valence-corrected chi connectivity index (χ3v) is 1.72. The Morgan fingerprint density at radius 1 is 1.33 bits per heavy atom. The number of carboxylic acid groups (broad SMARTS) is 1. The quantitative estimate of drug-likeness (QED) is 0.801. The lowest BCUT2D eigenvalue weighted by molar-refractivity contribution is -0.138. The molecular weight excluding hydrogens is 213 g/mol. The van der Waals surface area contributed by atoms with E-state index in [4.69, 9.17) is 10.2 Å². The minimum absolute atomic E-state index is 0.119. The van der Waals surface area contributed by atoms with Gasteiger partial charge < -0.3 is 10.2 Å². The maximum absolute atomic E-state index is 12.2. The normalized spacial score (nSPS) is 11.4. The van der Waals surface area contributed by atoms with Crippen LogP contribution < -0.4 is 0 Å². The standard InChI is InChI=1S/C9H7F3O3/c10-9(11,12)6-2-1-5(3-7(6)13)4-8(14)15/h1-3,13H,4H2,(H,14,15). The largest absolute Gasteiger partial charge is 0.507 e. The monoisotopic (exact) mass is 220 g/mol. The first-order valence-corrected chi connectivity index (χ1v) is 3.91. The molecule has 0 unspecified atom stereocenters. The summed E-state index contributed by atoms with van der Waals surface area (Å²) < 4.78 is 36.5. The van der Waals surface area contributed by atoms with Crippen LogP contribution in [0.2, 0.25) is 0 Å². The Morgan fingerprint density at radius 2 is 1.93 bits per heavy atom. The van der Waals surface area contributed by atoms with Crippen LogP contribution in [0.5, 0.6) is 5.75 Å². The number of aliphatic carboxylic acids is 1. The number of carboxylic acids is 1. The van der Waals surface area contributed by atoms with Crippen LogP contribution in [0.4, 0.5) is 13.2 Å². The predicted octanol–water partition coefficient (Wildman–Crippen LogP) is 2.04. The van der Waals surface area contributed by atoms with Crippen molar-refractivity contribution in [3.8, 4) is 5.75 Å². The van der Waals surface area contributed by atoms with Gasteiger partial charge in [0.1, 0.15) is 5.75 Å². The number of carbonyl (C=O) groups is 1. The molecule has 0 atom stereocenters. The fourth-order valence-electron chi connectivity index (χ4n) is 1.10. The predicted molar refractivity (Wildman–Crippen MR) is 44.4 cm³/mol. The third kappa shape index (κ3) is 2.87. The van der Waals surface area contributed by atoms with E-state index in [1.807, 2.05) is 0 Å². The molecule has 0 heterocycles. The Balaban J connectivity index is 3.04. The van der Waals surface area contributed by atoms with Gasteiger partial charge in [0.15, 0.2) is 0 Å². The van der Waals surface area contributed by atoms with Crippen molar-refractivity contribution in [3.05, 3.63) is 29.3 Å². The first-order valence-electron chi connectivity index (χ1n) is 3.91. The molecule has 0 fully saturated rings. The molecule has 0 aromatic heterocycles. The van der Waals surface area contributed by atoms with Gasteiger partial charge in [-0.3, -0.25) is 4.79 Å². The summed E-state index contributed by atoms with van der Waals surface area (Å²) in [4.78, 5) is 10.3. The fourth-order valence-corrected chi connectivity index (χ4v) is 1.10. The average Bonchev–Trinajstić information content (AvgIpc) is 1.99. The zero-order valence-electron chi connectivity index (χ0n) is 7.38. The smallest absolute Gasteiger partial charge is 0.419 e. The molecule has 1 rings (SSSR count). The van der Waals surface area contributed by atoms with Gasteiger partial charge in [-0.2, -0.15) is 13.2 Å². The Hall–Kier alpha value is -1.72. The molecule has 15 heavy (non-hydrogen) atoms. The molecular formula is C9H7F3O3. The van der Waals surface area contributed by atoms with Gasteiger partial charge in [0, 0.05) is 0 Å². The van der Waals surface area contributed by atoms with Crippen molar-refractivity contribution in [1.82, 2.24) is 0 Å². The van der Waals surface area contributed by atoms with Gasteiger partial charge in [-0.05, 0) is 17.7 Å². The van der Waals surface area contributed by atoms with Gasteiger partial charge in [0.05, 0.1) is 12.0 Å². The van der Waals surface area contributed by atoms with Gasteiger partial charge in [-0.1, -0.05) is 6.07 Å². The summed E-state index contributed by atoms with van der Waals surface area (Å²) in [6, 6.07) is 2.49. The molecule has 0 spiro atoms. The second-order valence-corrected chi connectivity index (χ2v) is 2.92. The summed E-state index contributed by atoms with van der Waals surface area (Å²) >= 11 is 0. The van der Waals surface area contributed by atoms with Crippen LogP contribution in [0.3, 0.4) is 0 Å². The lowest BCUT2D eigenvalue weighted by atomic mass is 10.1. The number of rotatable bonds is 2. The Bertz CT molecular complexity index is 385. The van der Waals surface area contributed by atoms with Crippen molar-refractivity contribution in [1.29, 1.82) is 0 Å². The van der Waals surface area contributed by atoms with Gasteiger partial charge in [0.2, 0.25) is 0 Å². The van der Waals surface area contributed by atoms with Crippen LogP contribution in [0.25, 0.3) is 0 Å². The van der Waals surface area contributed by atoms with Crippen LogP contribution >= 0.6 is 0 Å². The number of aromatic hydroxyl groups is 1. The van der Waals surface area contributed by atoms with E-state index in [-0.39, 0.29) is 5.56 Å². The van der Waals surface area contributed by atoms with Crippen LogP contribution in [-0.2, 0) is 17.4 Å². The molecule has 1 aromatic carbocycles. The summed E-state index contributed by atoms with van der Waals surface area (Å²) in [5, 5.41) is 17.4. The molecule has 82 valence electrons. The topological polar surface area (TPSA) is 57.5 Å². The van der Waals surface area contributed by atoms with Crippen LogP contribution in [-0.4, -0.2) is 16.2 Å². The molecule has 0 aliphatic rings. The number of hydrogen-bond donors (Lipinski definition) is 2. The lowest BCUT2D eigenvalue weighted by Crippen LogP contribution is -2.06. The lowest BCUT2D eigenvalue weighted by Gasteiger charge is -2.09. The van der Waals surface area contributed by atoms with Gasteiger partial charge >= 0.3 is 12.1 Å². The molecule has 6 heteroatoms. The molecule has 1 aromatic rings. The molecule has 0 aliphatic carbocycles. The minimum Gasteiger partial charge on any atom is -0.507 e. The number of phenols is 1. The van der Waals surface area contributed by atoms with Crippen molar-refractivity contribution in [2.75, 3.05) is 0 Å². The highest BCUT2D eigenvalue weighted by Crippen LogP contribution is 2.35. The van der Waals surface area contributed by atoms with E-state index >= 15 is 0 Å². The maximum atomic E-state index is 12.2. The summed E-state index contributed by atoms with van der Waals surface area (Å²) in [6.07, 6.45) is -5.06. The van der Waals surface area contributed by atoms with E-state index in [1.54, 1.807) is 0 Å². The third-order valence-electron chi connectivity index (χ3n) is 1.72. The Labute approximate surface area is 82.8 Å². The van der Waals surface area contributed by atoms with E-state index in [0.29, 0.717) is 6.07 Å². The van der Waals surface area contributed by atoms with E-state index in [2.05, 4.69) is 0 Å². The van der Waals surface area contributed by atoms with Crippen molar-refractivity contribution in [3.63, 3.8) is 0 Å². The van der Waals surface area contributed by atoms with Gasteiger partial charge in [-0.15, -0.1) is 0 Å². The second-order valence-electron chi connectivity index (χ2n) is 2.92. The van der Waals surface area contributed by atoms with E-state index < -0.39 is 29.9 Å². The Kier molecular flexibility index (Phi) is 2.88. The van der Waals surface area contributed by atoms with Crippen molar-refractivity contribution in [2.45, 2.75) is 12.6 Å². The SMILES string of the molecule is O=C(O)Cc1ccc(C(F)(F)F)c(O)c1. The second kappa shape index (κ2) is 3.80. The number of halogens is 3. The van der Waals surface area contributed by atoms with Crippen LogP contribution in [0, 0.1) is 0 Å². The van der Waals surface area contributed by atoms with Crippen LogP contribution in [0.1, 0.15) is 11.1 Å². The maximum Gasteiger partial charge on any atom is 0.419 e. The first-order chi connectivity index (χ1) is 6.80. The highest BCUT2D eigenvalue weighted by molar-refractivity contribution is 5.70. The number of alkyl halides is 3. The molecule has 2 N–H and O–H groups in total. The van der Waals surface area contributed by atoms with Gasteiger partial charge in [-0.25, -0.2) is 0 Å². The molecule has 0 amide bonds. The van der Waals surface area contributed by atoms with E-state index in [9.17, 15) is 18.0 Å². The number of benzene rings is 1. The van der Waals surface area contributed by atoms with Crippen molar-refractivity contribution in [2.24, 2.45) is 0 Å². The molecule has 0 saturated heterocycles. The van der Waals surface area contributed by atoms with Crippen LogP contribution in [0.15, 0.2) is 18.2 Å². The summed E-state index contributed by atoms with van der Waals surface area (Å²) in [5.74, 6) is -2.13. The minimum atomic E-state index is -4.63. The molecule has 0 bridgehead atoms. The molecule has 0 aliphatic heterocycles. The fraction of sp³-hybridized carbons (Fsp3) is 0.222. The summed E-state index contributed by atoms with van der Waals surface area (Å²) in [6.45, 7) is 0. The van der Waals surface area contributed by atoms with Gasteiger partial charge in [0.25, 0.3) is 0 Å². The zero-order valence-corrected chi connectivity index (χ0v) is 7.38. The first kappa shape index (κ1) is 11.4. The summed E-state index contributed by atoms with van der Waals surface area (Å²) in [5.41, 5.74) is -1.05. The number of hydrogen-bond acceptors (Lipinski definition) is 2. The van der Waals surface area contributed by atoms with E-state index in [1.165, 1.54) is 0 Å².